The quantitative estimate of drug-likeness (QED) is 0.281. The molecule has 0 saturated heterocycles. The van der Waals surface area contributed by atoms with Crippen LogP contribution in [0.5, 0.6) is 0 Å². The van der Waals surface area contributed by atoms with E-state index in [1.54, 1.807) is 30.3 Å². The van der Waals surface area contributed by atoms with Gasteiger partial charge in [0.1, 0.15) is 11.3 Å². The molecule has 0 aliphatic heterocycles. The summed E-state index contributed by atoms with van der Waals surface area (Å²) in [6.07, 6.45) is -0.769. The second-order valence-electron chi connectivity index (χ2n) is 12.7. The Hall–Kier alpha value is -5.16. The Morgan fingerprint density at radius 3 is 2.21 bits per heavy atom. The number of hydrogen-bond donors (Lipinski definition) is 2. The van der Waals surface area contributed by atoms with Crippen LogP contribution in [0.4, 0.5) is 13.2 Å². The van der Waals surface area contributed by atoms with Crippen molar-refractivity contribution >= 4 is 11.8 Å². The van der Waals surface area contributed by atoms with Gasteiger partial charge in [0.15, 0.2) is 6.54 Å². The van der Waals surface area contributed by atoms with Crippen molar-refractivity contribution in [3.8, 4) is 28.8 Å². The molecule has 246 valence electrons. The standard InChI is InChI=1S/C33H35F3N8O3/c1-41-30(27-16-17-38-42(27)25-14-8-21(19-37)9-15-25)29(32(47)43(41)26-7-5-6-22(18-26)33(34,35)36)31(46)40-24-12-10-23(11-13-24)39-28(45)20-44(2,3)4/h5-9,14-18,23-24H,10-13,20H2,1-4H3,(H-,39,40,45,46)/p+1. The molecule has 0 unspecified atom stereocenters. The van der Waals surface area contributed by atoms with Gasteiger partial charge in [0.2, 0.25) is 0 Å². The number of aromatic nitrogens is 4. The molecule has 11 nitrogen and oxygen atoms in total. The van der Waals surface area contributed by atoms with Crippen LogP contribution in [0.2, 0.25) is 0 Å². The van der Waals surface area contributed by atoms with Crippen molar-refractivity contribution in [3.63, 3.8) is 0 Å². The van der Waals surface area contributed by atoms with Crippen LogP contribution in [0.1, 0.15) is 47.2 Å². The van der Waals surface area contributed by atoms with Gasteiger partial charge in [0.05, 0.1) is 61.6 Å². The molecule has 2 heterocycles. The van der Waals surface area contributed by atoms with Crippen molar-refractivity contribution in [3.05, 3.63) is 87.8 Å². The normalized spacial score (nSPS) is 16.8. The van der Waals surface area contributed by atoms with Crippen LogP contribution >= 0.6 is 0 Å². The van der Waals surface area contributed by atoms with E-state index in [-0.39, 0.29) is 34.9 Å². The number of halogens is 3. The minimum absolute atomic E-state index is 0.0330. The van der Waals surface area contributed by atoms with Crippen LogP contribution in [-0.4, -0.2) is 75.2 Å². The first-order valence-corrected chi connectivity index (χ1v) is 15.1. The Bertz CT molecular complexity index is 1880. The van der Waals surface area contributed by atoms with E-state index in [2.05, 4.69) is 15.7 Å². The molecule has 2 amide bonds. The van der Waals surface area contributed by atoms with Gasteiger partial charge in [-0.15, -0.1) is 0 Å². The van der Waals surface area contributed by atoms with Gasteiger partial charge >= 0.3 is 6.18 Å². The van der Waals surface area contributed by atoms with E-state index >= 15 is 0 Å². The number of alkyl halides is 3. The van der Waals surface area contributed by atoms with Crippen LogP contribution in [0.15, 0.2) is 65.6 Å². The summed E-state index contributed by atoms with van der Waals surface area (Å²) in [7, 11) is 7.29. The number of hydrogen-bond acceptors (Lipinski definition) is 5. The number of rotatable bonds is 8. The van der Waals surface area contributed by atoms with Crippen molar-refractivity contribution in [1.82, 2.24) is 29.8 Å². The lowest BCUT2D eigenvalue weighted by atomic mass is 9.91. The highest BCUT2D eigenvalue weighted by molar-refractivity contribution is 6.00. The number of amides is 2. The molecule has 0 atom stereocenters. The first kappa shape index (κ1) is 33.2. The lowest BCUT2D eigenvalue weighted by molar-refractivity contribution is -0.862. The molecule has 2 aromatic carbocycles. The predicted molar refractivity (Wildman–Crippen MR) is 168 cm³/mol. The van der Waals surface area contributed by atoms with Gasteiger partial charge in [-0.25, -0.2) is 9.36 Å². The van der Waals surface area contributed by atoms with Crippen molar-refractivity contribution in [2.24, 2.45) is 7.05 Å². The zero-order chi connectivity index (χ0) is 34.1. The Kier molecular flexibility index (Phi) is 9.13. The molecule has 47 heavy (non-hydrogen) atoms. The molecule has 4 aromatic rings. The fourth-order valence-corrected chi connectivity index (χ4v) is 5.92. The zero-order valence-electron chi connectivity index (χ0n) is 26.5. The molecule has 1 saturated carbocycles. The Morgan fingerprint density at radius 1 is 0.979 bits per heavy atom. The average molecular weight is 650 g/mol. The number of benzene rings is 2. The first-order chi connectivity index (χ1) is 22.2. The lowest BCUT2D eigenvalue weighted by Crippen LogP contribution is -2.49. The molecular weight excluding hydrogens is 613 g/mol. The van der Waals surface area contributed by atoms with E-state index < -0.39 is 23.2 Å². The average Bonchev–Trinajstić information content (AvgIpc) is 3.58. The molecular formula is C33H36F3N8O3+. The third kappa shape index (κ3) is 7.30. The second-order valence-corrected chi connectivity index (χ2v) is 12.7. The van der Waals surface area contributed by atoms with Crippen LogP contribution in [0.25, 0.3) is 22.8 Å². The molecule has 2 N–H and O–H groups in total. The summed E-state index contributed by atoms with van der Waals surface area (Å²) in [6.45, 7) is 0.338. The highest BCUT2D eigenvalue weighted by atomic mass is 19.4. The molecule has 1 aliphatic rings. The number of nitriles is 1. The summed E-state index contributed by atoms with van der Waals surface area (Å²) in [5.74, 6) is -0.718. The van der Waals surface area contributed by atoms with Gasteiger partial charge in [-0.3, -0.25) is 19.1 Å². The van der Waals surface area contributed by atoms with E-state index in [4.69, 9.17) is 0 Å². The van der Waals surface area contributed by atoms with Gasteiger partial charge in [0.25, 0.3) is 17.4 Å². The SMILES string of the molecule is Cn1c(-c2ccnn2-c2ccc(C#N)cc2)c(C(=O)NC2CCC(NC(=O)C[N+](C)(C)C)CC2)c(=O)n1-c1cccc(C(F)(F)F)c1. The molecule has 0 bridgehead atoms. The topological polar surface area (TPSA) is 127 Å². The van der Waals surface area contributed by atoms with Gasteiger partial charge < -0.3 is 15.1 Å². The minimum Gasteiger partial charge on any atom is -0.349 e. The number of carbonyl (C=O) groups is 2. The van der Waals surface area contributed by atoms with Gasteiger partial charge in [-0.05, 0) is 74.2 Å². The maximum Gasteiger partial charge on any atom is 0.416 e. The summed E-state index contributed by atoms with van der Waals surface area (Å²) in [6, 6.07) is 14.2. The number of quaternary nitrogens is 1. The Morgan fingerprint density at radius 2 is 1.62 bits per heavy atom. The fraction of sp³-hybridized carbons (Fsp3) is 0.364. The molecule has 1 fully saturated rings. The summed E-state index contributed by atoms with van der Waals surface area (Å²) in [5.41, 5.74) is -0.604. The zero-order valence-corrected chi connectivity index (χ0v) is 26.5. The summed E-state index contributed by atoms with van der Waals surface area (Å²) < 4.78 is 45.3. The molecule has 0 spiro atoms. The molecule has 14 heteroatoms. The van der Waals surface area contributed by atoms with Crippen molar-refractivity contribution in [2.45, 2.75) is 43.9 Å². The predicted octanol–water partition coefficient (Wildman–Crippen LogP) is 3.78. The van der Waals surface area contributed by atoms with Crippen LogP contribution in [0, 0.1) is 11.3 Å². The van der Waals surface area contributed by atoms with Gasteiger partial charge in [-0.1, -0.05) is 6.07 Å². The van der Waals surface area contributed by atoms with E-state index in [9.17, 15) is 32.8 Å². The van der Waals surface area contributed by atoms with Gasteiger partial charge in [0, 0.05) is 19.1 Å². The number of nitrogens with zero attached hydrogens (tertiary/aromatic N) is 6. The maximum atomic E-state index is 14.1. The van der Waals surface area contributed by atoms with E-state index in [0.717, 1.165) is 16.8 Å². The highest BCUT2D eigenvalue weighted by Crippen LogP contribution is 2.31. The summed E-state index contributed by atoms with van der Waals surface area (Å²) >= 11 is 0. The number of likely N-dealkylation sites (N-methyl/N-ethyl adjacent to an activating group) is 1. The van der Waals surface area contributed by atoms with Crippen molar-refractivity contribution < 1.29 is 27.2 Å². The van der Waals surface area contributed by atoms with E-state index in [1.807, 2.05) is 27.2 Å². The van der Waals surface area contributed by atoms with E-state index in [0.29, 0.717) is 53.7 Å². The van der Waals surface area contributed by atoms with Crippen LogP contribution < -0.4 is 16.2 Å². The second kappa shape index (κ2) is 12.9. The smallest absolute Gasteiger partial charge is 0.349 e. The Labute approximate surface area is 269 Å². The first-order valence-electron chi connectivity index (χ1n) is 15.1. The third-order valence-electron chi connectivity index (χ3n) is 8.08. The van der Waals surface area contributed by atoms with Crippen LogP contribution in [-0.2, 0) is 18.0 Å². The van der Waals surface area contributed by atoms with Gasteiger partial charge in [-0.2, -0.15) is 23.5 Å². The molecule has 5 rings (SSSR count). The van der Waals surface area contributed by atoms with Crippen molar-refractivity contribution in [2.75, 3.05) is 27.7 Å². The maximum absolute atomic E-state index is 14.1. The lowest BCUT2D eigenvalue weighted by Gasteiger charge is -2.30. The monoisotopic (exact) mass is 649 g/mol. The minimum atomic E-state index is -4.65. The molecule has 2 aromatic heterocycles. The fourth-order valence-electron chi connectivity index (χ4n) is 5.92. The number of nitrogens with one attached hydrogen (secondary N) is 2. The largest absolute Gasteiger partial charge is 0.416 e. The van der Waals surface area contributed by atoms with E-state index in [1.165, 1.54) is 34.7 Å². The highest BCUT2D eigenvalue weighted by Gasteiger charge is 2.33. The third-order valence-corrected chi connectivity index (χ3v) is 8.08. The Balaban J connectivity index is 1.50. The number of carbonyl (C=O) groups excluding carboxylic acids is 2. The molecule has 0 radical (unpaired) electrons. The van der Waals surface area contributed by atoms with Crippen molar-refractivity contribution in [1.29, 1.82) is 5.26 Å². The summed E-state index contributed by atoms with van der Waals surface area (Å²) in [5, 5.41) is 19.6. The molecule has 1 aliphatic carbocycles. The van der Waals surface area contributed by atoms with Crippen LogP contribution in [0.3, 0.4) is 0 Å². The summed E-state index contributed by atoms with van der Waals surface area (Å²) in [4.78, 5) is 40.4.